The highest BCUT2D eigenvalue weighted by atomic mass is 35.5. The van der Waals surface area contributed by atoms with E-state index < -0.39 is 0 Å². The second kappa shape index (κ2) is 8.12. The molecule has 1 fully saturated rings. The second-order valence-electron chi connectivity index (χ2n) is 5.04. The van der Waals surface area contributed by atoms with Gasteiger partial charge in [-0.15, -0.1) is 12.4 Å². The Labute approximate surface area is 126 Å². The Morgan fingerprint density at radius 2 is 2.15 bits per heavy atom. The van der Waals surface area contributed by atoms with E-state index in [-0.39, 0.29) is 30.3 Å². The lowest BCUT2D eigenvalue weighted by Crippen LogP contribution is -2.24. The van der Waals surface area contributed by atoms with Gasteiger partial charge >= 0.3 is 0 Å². The monoisotopic (exact) mass is 298 g/mol. The van der Waals surface area contributed by atoms with Crippen LogP contribution in [0, 0.1) is 5.92 Å². The fourth-order valence-electron chi connectivity index (χ4n) is 2.06. The molecule has 1 aromatic carbocycles. The number of carbonyl (C=O) groups excluding carboxylic acids is 1. The van der Waals surface area contributed by atoms with Crippen LogP contribution in [0.2, 0.25) is 0 Å². The number of amides is 1. The van der Waals surface area contributed by atoms with Gasteiger partial charge in [0.25, 0.3) is 0 Å². The van der Waals surface area contributed by atoms with Crippen LogP contribution in [0.5, 0.6) is 5.75 Å². The molecule has 2 unspecified atom stereocenters. The molecule has 4 nitrogen and oxygen atoms in total. The molecule has 1 aromatic rings. The van der Waals surface area contributed by atoms with Crippen molar-refractivity contribution < 1.29 is 9.53 Å². The van der Waals surface area contributed by atoms with Gasteiger partial charge in [0.1, 0.15) is 5.75 Å². The van der Waals surface area contributed by atoms with E-state index in [2.05, 4.69) is 17.6 Å². The average Bonchev–Trinajstić information content (AvgIpc) is 2.95. The van der Waals surface area contributed by atoms with Crippen LogP contribution >= 0.6 is 12.4 Å². The molecule has 2 rings (SSSR count). The normalized spacial score (nSPS) is 19.0. The van der Waals surface area contributed by atoms with Crippen LogP contribution in [0.3, 0.4) is 0 Å². The minimum absolute atomic E-state index is 0. The summed E-state index contributed by atoms with van der Waals surface area (Å²) < 4.78 is 5.70. The maximum Gasteiger partial charge on any atom is 0.228 e. The molecule has 2 atom stereocenters. The van der Waals surface area contributed by atoms with E-state index in [4.69, 9.17) is 4.74 Å². The van der Waals surface area contributed by atoms with Crippen LogP contribution in [0.25, 0.3) is 0 Å². The molecule has 1 amide bonds. The van der Waals surface area contributed by atoms with Crippen LogP contribution in [0.15, 0.2) is 24.3 Å². The molecule has 0 radical (unpaired) electrons. The molecule has 112 valence electrons. The number of ether oxygens (including phenoxy) is 1. The number of hydrogen-bond donors (Lipinski definition) is 2. The molecule has 1 aliphatic rings. The van der Waals surface area contributed by atoms with Gasteiger partial charge in [-0.25, -0.2) is 0 Å². The third-order valence-electron chi connectivity index (χ3n) is 3.47. The predicted molar refractivity (Wildman–Crippen MR) is 83.7 cm³/mol. The van der Waals surface area contributed by atoms with Crippen molar-refractivity contribution in [1.82, 2.24) is 5.32 Å². The van der Waals surface area contributed by atoms with Crippen LogP contribution in [0.1, 0.15) is 26.7 Å². The second-order valence-corrected chi connectivity index (χ2v) is 5.04. The maximum absolute atomic E-state index is 11.9. The Hall–Kier alpha value is -1.26. The fourth-order valence-corrected chi connectivity index (χ4v) is 2.06. The highest BCUT2D eigenvalue weighted by Crippen LogP contribution is 2.19. The van der Waals surface area contributed by atoms with Crippen molar-refractivity contribution in [3.8, 4) is 5.75 Å². The zero-order chi connectivity index (χ0) is 13.7. The Morgan fingerprint density at radius 3 is 2.70 bits per heavy atom. The summed E-state index contributed by atoms with van der Waals surface area (Å²) in [5, 5.41) is 6.14. The minimum atomic E-state index is 0. The van der Waals surface area contributed by atoms with Crippen molar-refractivity contribution in [3.63, 3.8) is 0 Å². The quantitative estimate of drug-likeness (QED) is 0.879. The van der Waals surface area contributed by atoms with Crippen LogP contribution in [-0.2, 0) is 4.79 Å². The lowest BCUT2D eigenvalue weighted by Gasteiger charge is -2.13. The Balaban J connectivity index is 0.00000200. The number of hydrogen-bond acceptors (Lipinski definition) is 3. The number of anilines is 1. The predicted octanol–water partition coefficient (Wildman–Crippen LogP) is 2.83. The summed E-state index contributed by atoms with van der Waals surface area (Å²) in [5.74, 6) is 1.03. The zero-order valence-electron chi connectivity index (χ0n) is 12.0. The molecule has 0 aromatic heterocycles. The Morgan fingerprint density at radius 1 is 1.45 bits per heavy atom. The van der Waals surface area contributed by atoms with Crippen molar-refractivity contribution in [1.29, 1.82) is 0 Å². The van der Waals surface area contributed by atoms with Crippen LogP contribution in [0.4, 0.5) is 5.69 Å². The van der Waals surface area contributed by atoms with Crippen molar-refractivity contribution >= 4 is 24.0 Å². The van der Waals surface area contributed by atoms with Gasteiger partial charge in [0.2, 0.25) is 5.91 Å². The van der Waals surface area contributed by atoms with Gasteiger partial charge in [0, 0.05) is 12.2 Å². The smallest absolute Gasteiger partial charge is 0.228 e. The van der Waals surface area contributed by atoms with Crippen molar-refractivity contribution in [2.75, 3.05) is 18.4 Å². The molecule has 1 heterocycles. The summed E-state index contributed by atoms with van der Waals surface area (Å²) in [4.78, 5) is 11.9. The summed E-state index contributed by atoms with van der Waals surface area (Å²) in [6.45, 7) is 5.85. The summed E-state index contributed by atoms with van der Waals surface area (Å²) in [7, 11) is 0. The summed E-state index contributed by atoms with van der Waals surface area (Å²) in [5.41, 5.74) is 0.827. The van der Waals surface area contributed by atoms with E-state index in [0.29, 0.717) is 0 Å². The van der Waals surface area contributed by atoms with Crippen LogP contribution in [-0.4, -0.2) is 25.1 Å². The van der Waals surface area contributed by atoms with E-state index in [9.17, 15) is 4.79 Å². The van der Waals surface area contributed by atoms with Crippen molar-refractivity contribution in [2.24, 2.45) is 5.92 Å². The van der Waals surface area contributed by atoms with Gasteiger partial charge in [-0.3, -0.25) is 4.79 Å². The number of rotatable bonds is 5. The van der Waals surface area contributed by atoms with Crippen molar-refractivity contribution in [2.45, 2.75) is 32.8 Å². The number of nitrogens with one attached hydrogen (secondary N) is 2. The Kier molecular flexibility index (Phi) is 6.82. The molecular weight excluding hydrogens is 276 g/mol. The first-order valence-electron chi connectivity index (χ1n) is 6.97. The molecule has 1 saturated heterocycles. The van der Waals surface area contributed by atoms with Gasteiger partial charge in [-0.05, 0) is 50.6 Å². The van der Waals surface area contributed by atoms with Gasteiger partial charge in [0.05, 0.1) is 12.0 Å². The summed E-state index contributed by atoms with van der Waals surface area (Å²) in [6, 6.07) is 7.57. The standard InChI is InChI=1S/C15H22N2O2.ClH/c1-3-11(2)19-14-6-4-13(5-7-14)17-15(18)12-8-9-16-10-12;/h4-7,11-12,16H,3,8-10H2,1-2H3,(H,17,18);1H. The first kappa shape index (κ1) is 16.8. The third-order valence-corrected chi connectivity index (χ3v) is 3.47. The first-order valence-corrected chi connectivity index (χ1v) is 6.97. The van der Waals surface area contributed by atoms with Crippen LogP contribution < -0.4 is 15.4 Å². The van der Waals surface area contributed by atoms with E-state index in [1.807, 2.05) is 31.2 Å². The Bertz CT molecular complexity index is 416. The van der Waals surface area contributed by atoms with Gasteiger partial charge in [-0.1, -0.05) is 6.92 Å². The molecule has 0 bridgehead atoms. The van der Waals surface area contributed by atoms with Gasteiger partial charge in [0.15, 0.2) is 0 Å². The van der Waals surface area contributed by atoms with E-state index in [0.717, 1.165) is 37.4 Å². The molecule has 1 aliphatic heterocycles. The minimum Gasteiger partial charge on any atom is -0.491 e. The van der Waals surface area contributed by atoms with Crippen molar-refractivity contribution in [3.05, 3.63) is 24.3 Å². The molecule has 20 heavy (non-hydrogen) atoms. The highest BCUT2D eigenvalue weighted by Gasteiger charge is 2.22. The topological polar surface area (TPSA) is 50.4 Å². The highest BCUT2D eigenvalue weighted by molar-refractivity contribution is 5.92. The number of halogens is 1. The average molecular weight is 299 g/mol. The molecule has 2 N–H and O–H groups in total. The summed E-state index contributed by atoms with van der Waals surface area (Å²) in [6.07, 6.45) is 2.11. The lowest BCUT2D eigenvalue weighted by molar-refractivity contribution is -0.119. The SMILES string of the molecule is CCC(C)Oc1ccc(NC(=O)C2CCNC2)cc1.Cl. The fraction of sp³-hybridized carbons (Fsp3) is 0.533. The lowest BCUT2D eigenvalue weighted by atomic mass is 10.1. The molecular formula is C15H23ClN2O2. The van der Waals surface area contributed by atoms with Gasteiger partial charge < -0.3 is 15.4 Å². The molecule has 5 heteroatoms. The molecule has 0 saturated carbocycles. The number of carbonyl (C=O) groups is 1. The van der Waals surface area contributed by atoms with E-state index in [1.165, 1.54) is 0 Å². The first-order chi connectivity index (χ1) is 9.19. The van der Waals surface area contributed by atoms with E-state index >= 15 is 0 Å². The zero-order valence-corrected chi connectivity index (χ0v) is 12.8. The maximum atomic E-state index is 11.9. The third kappa shape index (κ3) is 4.69. The largest absolute Gasteiger partial charge is 0.491 e. The number of benzene rings is 1. The molecule has 0 aliphatic carbocycles. The van der Waals surface area contributed by atoms with Gasteiger partial charge in [-0.2, -0.15) is 0 Å². The summed E-state index contributed by atoms with van der Waals surface area (Å²) >= 11 is 0. The van der Waals surface area contributed by atoms with E-state index in [1.54, 1.807) is 0 Å². The molecule has 0 spiro atoms.